The van der Waals surface area contributed by atoms with Crippen molar-refractivity contribution >= 4 is 43.0 Å². The molecule has 96 valence electrons. The second-order valence-electron chi connectivity index (χ2n) is 3.33. The summed E-state index contributed by atoms with van der Waals surface area (Å²) in [7, 11) is -0.0753. The first kappa shape index (κ1) is 13.6. The highest BCUT2D eigenvalue weighted by Crippen LogP contribution is 2.34. The summed E-state index contributed by atoms with van der Waals surface area (Å²) in [6.07, 6.45) is 0. The largest absolute Gasteiger partial charge is 0.495 e. The highest BCUT2D eigenvalue weighted by atomic mass is 32.9. The maximum Gasteiger partial charge on any atom is 0.298 e. The number of benzene rings is 1. The van der Waals surface area contributed by atoms with Crippen LogP contribution in [0, 0.1) is 3.82 Å². The molecule has 0 atom stereocenters. The molecule has 0 unspecified atom stereocenters. The van der Waals surface area contributed by atoms with Crippen LogP contribution in [0.15, 0.2) is 29.2 Å². The Labute approximate surface area is 117 Å². The van der Waals surface area contributed by atoms with Crippen LogP contribution in [0.3, 0.4) is 0 Å². The molecule has 0 aliphatic carbocycles. The van der Waals surface area contributed by atoms with Crippen molar-refractivity contribution in [2.24, 2.45) is 0 Å². The molecule has 0 bridgehead atoms. The van der Waals surface area contributed by atoms with Crippen LogP contribution < -0.4 is 4.74 Å². The van der Waals surface area contributed by atoms with Crippen molar-refractivity contribution < 1.29 is 17.7 Å². The summed E-state index contributed by atoms with van der Waals surface area (Å²) in [5.74, 6) is 0.111. The third-order valence-corrected chi connectivity index (χ3v) is 5.97. The lowest BCUT2D eigenvalue weighted by Gasteiger charge is -2.07. The fraction of sp³-hybridized carbons (Fsp3) is 0.100. The lowest BCUT2D eigenvalue weighted by atomic mass is 10.2. The predicted octanol–water partition coefficient (Wildman–Crippen LogP) is 3.46. The molecule has 1 aromatic carbocycles. The monoisotopic (exact) mass is 320 g/mol. The molecule has 4 nitrogen and oxygen atoms in total. The number of methoxy groups -OCH3 is 1. The maximum absolute atomic E-state index is 11.3. The van der Waals surface area contributed by atoms with Gasteiger partial charge in [-0.1, -0.05) is 32.9 Å². The Morgan fingerprint density at radius 2 is 2.00 bits per heavy atom. The molecule has 1 aromatic heterocycles. The molecule has 18 heavy (non-hydrogen) atoms. The number of hydrogen-bond acceptors (Lipinski definition) is 6. The van der Waals surface area contributed by atoms with Crippen LogP contribution >= 0.6 is 32.9 Å². The van der Waals surface area contributed by atoms with Crippen molar-refractivity contribution in [3.63, 3.8) is 0 Å². The van der Waals surface area contributed by atoms with Gasteiger partial charge in [-0.3, -0.25) is 4.55 Å². The molecule has 0 aliphatic heterocycles. The summed E-state index contributed by atoms with van der Waals surface area (Å²) < 4.78 is 37.3. The lowest BCUT2D eigenvalue weighted by Crippen LogP contribution is -2.01. The fourth-order valence-electron chi connectivity index (χ4n) is 1.40. The van der Waals surface area contributed by atoms with Gasteiger partial charge >= 0.3 is 0 Å². The van der Waals surface area contributed by atoms with Crippen LogP contribution in [-0.4, -0.2) is 20.1 Å². The standard InChI is InChI=1S/C10H8O4S4/c1-14-7-3-2-6(4-9(7)18(11,12)13)8-5-10(15)17-16-8/h2-5H,1H3,(H,11,12,13). The molecular formula is C10H8O4S4. The second kappa shape index (κ2) is 5.06. The Hall–Kier alpha value is -0.800. The molecule has 0 fully saturated rings. The minimum Gasteiger partial charge on any atom is -0.495 e. The quantitative estimate of drug-likeness (QED) is 0.533. The van der Waals surface area contributed by atoms with Crippen LogP contribution in [0.1, 0.15) is 0 Å². The molecule has 0 spiro atoms. The lowest BCUT2D eigenvalue weighted by molar-refractivity contribution is 0.397. The van der Waals surface area contributed by atoms with E-state index in [4.69, 9.17) is 21.5 Å². The summed E-state index contributed by atoms with van der Waals surface area (Å²) in [6, 6.07) is 6.40. The van der Waals surface area contributed by atoms with E-state index in [9.17, 15) is 8.42 Å². The van der Waals surface area contributed by atoms with Gasteiger partial charge in [-0.25, -0.2) is 0 Å². The average molecular weight is 320 g/mol. The first-order valence-corrected chi connectivity index (χ1v) is 8.67. The van der Waals surface area contributed by atoms with Gasteiger partial charge in [-0.05, 0) is 29.8 Å². The molecule has 8 heteroatoms. The van der Waals surface area contributed by atoms with Gasteiger partial charge in [0.25, 0.3) is 10.1 Å². The zero-order valence-electron chi connectivity index (χ0n) is 9.11. The van der Waals surface area contributed by atoms with Gasteiger partial charge in [0.1, 0.15) is 14.5 Å². The van der Waals surface area contributed by atoms with Crippen molar-refractivity contribution in [3.8, 4) is 16.2 Å². The van der Waals surface area contributed by atoms with Crippen LogP contribution in [0.5, 0.6) is 5.75 Å². The van der Waals surface area contributed by atoms with Gasteiger partial charge < -0.3 is 4.74 Å². The van der Waals surface area contributed by atoms with E-state index < -0.39 is 10.1 Å². The van der Waals surface area contributed by atoms with E-state index in [-0.39, 0.29) is 10.6 Å². The number of rotatable bonds is 3. The van der Waals surface area contributed by atoms with E-state index in [1.165, 1.54) is 39.9 Å². The van der Waals surface area contributed by atoms with E-state index in [0.29, 0.717) is 5.56 Å². The van der Waals surface area contributed by atoms with Gasteiger partial charge in [0.05, 0.1) is 7.11 Å². The first-order valence-electron chi connectivity index (χ1n) is 4.68. The Morgan fingerprint density at radius 1 is 1.28 bits per heavy atom. The van der Waals surface area contributed by atoms with E-state index in [0.717, 1.165) is 8.70 Å². The van der Waals surface area contributed by atoms with Crippen molar-refractivity contribution in [1.29, 1.82) is 0 Å². The van der Waals surface area contributed by atoms with Gasteiger partial charge in [0.2, 0.25) is 0 Å². The summed E-state index contributed by atoms with van der Waals surface area (Å²) in [5.41, 5.74) is 0.681. The van der Waals surface area contributed by atoms with Crippen LogP contribution in [0.4, 0.5) is 0 Å². The summed E-state index contributed by atoms with van der Waals surface area (Å²) in [4.78, 5) is 0.615. The third kappa shape index (κ3) is 2.78. The fourth-order valence-corrected chi connectivity index (χ4v) is 4.48. The molecule has 1 heterocycles. The highest BCUT2D eigenvalue weighted by molar-refractivity contribution is 7.86. The number of ether oxygens (including phenoxy) is 1. The zero-order valence-corrected chi connectivity index (χ0v) is 12.4. The molecule has 0 radical (unpaired) electrons. The smallest absolute Gasteiger partial charge is 0.298 e. The van der Waals surface area contributed by atoms with Crippen molar-refractivity contribution in [2.45, 2.75) is 4.90 Å². The Bertz CT molecular complexity index is 726. The molecule has 2 rings (SSSR count). The van der Waals surface area contributed by atoms with E-state index >= 15 is 0 Å². The van der Waals surface area contributed by atoms with Crippen molar-refractivity contribution in [3.05, 3.63) is 28.1 Å². The van der Waals surface area contributed by atoms with Crippen molar-refractivity contribution in [1.82, 2.24) is 0 Å². The van der Waals surface area contributed by atoms with Crippen LogP contribution in [0.2, 0.25) is 0 Å². The van der Waals surface area contributed by atoms with Gasteiger partial charge in [-0.2, -0.15) is 8.42 Å². The average Bonchev–Trinajstić information content (AvgIpc) is 2.74. The minimum absolute atomic E-state index is 0.111. The van der Waals surface area contributed by atoms with E-state index in [1.807, 2.05) is 0 Å². The third-order valence-electron chi connectivity index (χ3n) is 2.19. The summed E-state index contributed by atoms with van der Waals surface area (Å²) in [5, 5.41) is 0. The van der Waals surface area contributed by atoms with Gasteiger partial charge in [0.15, 0.2) is 0 Å². The highest BCUT2D eigenvalue weighted by Gasteiger charge is 2.17. The molecule has 0 aliphatic rings. The van der Waals surface area contributed by atoms with E-state index in [2.05, 4.69) is 0 Å². The number of hydrogen-bond donors (Lipinski definition) is 1. The SMILES string of the molecule is COc1ccc(-c2cc(=S)ss2)cc1S(=O)(=O)O. The Kier molecular flexibility index (Phi) is 3.83. The van der Waals surface area contributed by atoms with Crippen molar-refractivity contribution in [2.75, 3.05) is 7.11 Å². The molecular weight excluding hydrogens is 312 g/mol. The summed E-state index contributed by atoms with van der Waals surface area (Å²) in [6.45, 7) is 0. The Balaban J connectivity index is 2.63. The molecule has 0 saturated carbocycles. The summed E-state index contributed by atoms with van der Waals surface area (Å²) >= 11 is 5.02. The normalized spacial score (nSPS) is 11.4. The minimum atomic E-state index is -4.31. The van der Waals surface area contributed by atoms with Gasteiger partial charge in [-0.15, -0.1) is 0 Å². The zero-order chi connectivity index (χ0) is 13.3. The maximum atomic E-state index is 11.3. The molecule has 0 amide bonds. The molecule has 0 saturated heterocycles. The van der Waals surface area contributed by atoms with E-state index in [1.54, 1.807) is 12.1 Å². The predicted molar refractivity (Wildman–Crippen MR) is 74.8 cm³/mol. The second-order valence-corrected chi connectivity index (χ2v) is 7.64. The van der Waals surface area contributed by atoms with Crippen LogP contribution in [-0.2, 0) is 10.1 Å². The Morgan fingerprint density at radius 3 is 2.50 bits per heavy atom. The van der Waals surface area contributed by atoms with Gasteiger partial charge in [0, 0.05) is 4.88 Å². The molecule has 1 N–H and O–H groups in total. The van der Waals surface area contributed by atoms with Crippen LogP contribution in [0.25, 0.3) is 10.4 Å². The topological polar surface area (TPSA) is 63.6 Å². The first-order chi connectivity index (χ1) is 8.41. The molecule has 2 aromatic rings.